The minimum Gasteiger partial charge on any atom is -0.467 e. The fraction of sp³-hybridized carbons (Fsp3) is 0.259. The van der Waals surface area contributed by atoms with E-state index in [0.717, 1.165) is 11.1 Å². The van der Waals surface area contributed by atoms with Crippen molar-refractivity contribution in [1.29, 1.82) is 0 Å². The quantitative estimate of drug-likeness (QED) is 0.455. The second kappa shape index (κ2) is 12.5. The molecular weight excluding hydrogens is 416 g/mol. The Labute approximate surface area is 195 Å². The van der Waals surface area contributed by atoms with Crippen molar-refractivity contribution in [3.8, 4) is 0 Å². The van der Waals surface area contributed by atoms with Gasteiger partial charge in [0.25, 0.3) is 5.91 Å². The lowest BCUT2D eigenvalue weighted by atomic mass is 10.1. The minimum absolute atomic E-state index is 0.285. The summed E-state index contributed by atoms with van der Waals surface area (Å²) in [6.45, 7) is 1.52. The number of esters is 1. The zero-order valence-corrected chi connectivity index (χ0v) is 19.0. The summed E-state index contributed by atoms with van der Waals surface area (Å²) in [7, 11) is 2.80. The zero-order valence-electron chi connectivity index (χ0n) is 19.0. The molecule has 0 aliphatic rings. The predicted octanol–water partition coefficient (Wildman–Crippen LogP) is 3.73. The van der Waals surface area contributed by atoms with Crippen LogP contribution in [0.2, 0.25) is 0 Å². The fourth-order valence-corrected chi connectivity index (χ4v) is 3.72. The van der Waals surface area contributed by atoms with E-state index in [4.69, 9.17) is 9.47 Å². The molecule has 0 fully saturated rings. The highest BCUT2D eigenvalue weighted by atomic mass is 16.5. The van der Waals surface area contributed by atoms with E-state index in [0.29, 0.717) is 18.7 Å². The third-order valence-corrected chi connectivity index (χ3v) is 5.32. The Balaban J connectivity index is 1.79. The number of hydrogen-bond donors (Lipinski definition) is 1. The van der Waals surface area contributed by atoms with E-state index in [9.17, 15) is 9.59 Å². The zero-order chi connectivity index (χ0) is 23.5. The topological polar surface area (TPSA) is 67.9 Å². The lowest BCUT2D eigenvalue weighted by Crippen LogP contribution is -2.50. The van der Waals surface area contributed by atoms with Gasteiger partial charge in [0, 0.05) is 26.7 Å². The molecule has 0 spiro atoms. The molecule has 0 aromatic heterocycles. The smallest absolute Gasteiger partial charge is 0.329 e. The van der Waals surface area contributed by atoms with Gasteiger partial charge in [-0.1, -0.05) is 91.0 Å². The summed E-state index contributed by atoms with van der Waals surface area (Å²) >= 11 is 0. The van der Waals surface area contributed by atoms with Crippen LogP contribution in [-0.2, 0) is 32.2 Å². The van der Waals surface area contributed by atoms with Crippen LogP contribution >= 0.6 is 0 Å². The molecule has 33 heavy (non-hydrogen) atoms. The Morgan fingerprint density at radius 2 is 1.27 bits per heavy atom. The highest BCUT2D eigenvalue weighted by Crippen LogP contribution is 2.17. The van der Waals surface area contributed by atoms with Gasteiger partial charge in [0.2, 0.25) is 0 Å². The molecule has 1 amide bonds. The van der Waals surface area contributed by atoms with Crippen LogP contribution in [0, 0.1) is 0 Å². The van der Waals surface area contributed by atoms with Crippen molar-refractivity contribution in [1.82, 2.24) is 10.2 Å². The SMILES string of the molecule is COC(=O)[C@H](CN(Cc1ccccc1)Cc1ccccc1)NC(=O)[C@H](OC)c1ccccc1. The molecule has 0 unspecified atom stereocenters. The third kappa shape index (κ3) is 7.27. The molecule has 3 rings (SSSR count). The van der Waals surface area contributed by atoms with Gasteiger partial charge in [-0.2, -0.15) is 0 Å². The Hall–Kier alpha value is -3.48. The highest BCUT2D eigenvalue weighted by Gasteiger charge is 2.29. The molecule has 0 saturated carbocycles. The summed E-state index contributed by atoms with van der Waals surface area (Å²) in [5.74, 6) is -0.893. The first-order valence-corrected chi connectivity index (χ1v) is 10.9. The van der Waals surface area contributed by atoms with Crippen LogP contribution in [-0.4, -0.2) is 43.6 Å². The summed E-state index contributed by atoms with van der Waals surface area (Å²) in [5.41, 5.74) is 2.94. The average Bonchev–Trinajstić information content (AvgIpc) is 2.85. The molecule has 3 aromatic rings. The van der Waals surface area contributed by atoms with Crippen LogP contribution < -0.4 is 5.32 Å². The van der Waals surface area contributed by atoms with Crippen molar-refractivity contribution in [3.63, 3.8) is 0 Å². The Kier molecular flexibility index (Phi) is 9.18. The first-order valence-electron chi connectivity index (χ1n) is 10.9. The number of carbonyl (C=O) groups excluding carboxylic acids is 2. The molecule has 3 aromatic carbocycles. The van der Waals surface area contributed by atoms with E-state index in [1.54, 1.807) is 0 Å². The van der Waals surface area contributed by atoms with Crippen LogP contribution in [0.1, 0.15) is 22.8 Å². The minimum atomic E-state index is -0.851. The predicted molar refractivity (Wildman–Crippen MR) is 127 cm³/mol. The van der Waals surface area contributed by atoms with Crippen molar-refractivity contribution in [2.75, 3.05) is 20.8 Å². The van der Waals surface area contributed by atoms with E-state index >= 15 is 0 Å². The summed E-state index contributed by atoms with van der Waals surface area (Å²) in [4.78, 5) is 27.8. The molecule has 6 heteroatoms. The van der Waals surface area contributed by atoms with Gasteiger partial charge in [0.15, 0.2) is 6.10 Å². The fourth-order valence-electron chi connectivity index (χ4n) is 3.72. The number of carbonyl (C=O) groups is 2. The van der Waals surface area contributed by atoms with Crippen LogP contribution in [0.4, 0.5) is 0 Å². The van der Waals surface area contributed by atoms with Crippen molar-refractivity contribution in [2.24, 2.45) is 0 Å². The Morgan fingerprint density at radius 1 is 0.788 bits per heavy atom. The number of benzene rings is 3. The highest BCUT2D eigenvalue weighted by molar-refractivity contribution is 5.87. The van der Waals surface area contributed by atoms with Crippen molar-refractivity contribution >= 4 is 11.9 Å². The first-order chi connectivity index (χ1) is 16.1. The van der Waals surface area contributed by atoms with Gasteiger partial charge in [-0.25, -0.2) is 4.79 Å². The molecular formula is C27H30N2O4. The van der Waals surface area contributed by atoms with E-state index in [1.807, 2.05) is 91.0 Å². The molecule has 0 saturated heterocycles. The number of ether oxygens (including phenoxy) is 2. The lowest BCUT2D eigenvalue weighted by Gasteiger charge is -2.28. The molecule has 2 atom stereocenters. The van der Waals surface area contributed by atoms with E-state index in [1.165, 1.54) is 14.2 Å². The number of rotatable bonds is 11. The maximum absolute atomic E-state index is 13.0. The van der Waals surface area contributed by atoms with Gasteiger partial charge in [0.05, 0.1) is 7.11 Å². The second-order valence-corrected chi connectivity index (χ2v) is 7.75. The summed E-state index contributed by atoms with van der Waals surface area (Å²) in [6, 6.07) is 28.4. The summed E-state index contributed by atoms with van der Waals surface area (Å²) < 4.78 is 10.4. The monoisotopic (exact) mass is 446 g/mol. The second-order valence-electron chi connectivity index (χ2n) is 7.75. The molecule has 172 valence electrons. The van der Waals surface area contributed by atoms with E-state index in [-0.39, 0.29) is 6.54 Å². The van der Waals surface area contributed by atoms with Gasteiger partial charge in [-0.3, -0.25) is 9.69 Å². The third-order valence-electron chi connectivity index (χ3n) is 5.32. The van der Waals surface area contributed by atoms with Gasteiger partial charge < -0.3 is 14.8 Å². The Bertz CT molecular complexity index is 955. The molecule has 6 nitrogen and oxygen atoms in total. The van der Waals surface area contributed by atoms with E-state index < -0.39 is 24.0 Å². The number of methoxy groups -OCH3 is 2. The standard InChI is InChI=1S/C27H30N2O4/c1-32-25(23-16-10-5-11-17-23)26(30)28-24(27(31)33-2)20-29(18-21-12-6-3-7-13-21)19-22-14-8-4-9-15-22/h3-17,24-25H,18-20H2,1-2H3,(H,28,30)/t24-,25+/m0/s1. The molecule has 0 radical (unpaired) electrons. The van der Waals surface area contributed by atoms with E-state index in [2.05, 4.69) is 10.2 Å². The lowest BCUT2D eigenvalue weighted by molar-refractivity contribution is -0.147. The van der Waals surface area contributed by atoms with Gasteiger partial charge >= 0.3 is 5.97 Å². The number of amides is 1. The largest absolute Gasteiger partial charge is 0.467 e. The van der Waals surface area contributed by atoms with Crippen LogP contribution in [0.25, 0.3) is 0 Å². The summed E-state index contributed by atoms with van der Waals surface area (Å²) in [5, 5.41) is 2.84. The number of nitrogens with one attached hydrogen (secondary N) is 1. The number of hydrogen-bond acceptors (Lipinski definition) is 5. The summed E-state index contributed by atoms with van der Waals surface area (Å²) in [6.07, 6.45) is -0.824. The Morgan fingerprint density at radius 3 is 1.73 bits per heavy atom. The van der Waals surface area contributed by atoms with Crippen LogP contribution in [0.5, 0.6) is 0 Å². The maximum atomic E-state index is 13.0. The average molecular weight is 447 g/mol. The molecule has 0 heterocycles. The molecule has 0 aliphatic carbocycles. The van der Waals surface area contributed by atoms with Crippen molar-refractivity contribution in [2.45, 2.75) is 25.2 Å². The molecule has 0 bridgehead atoms. The van der Waals surface area contributed by atoms with Gasteiger partial charge in [-0.05, 0) is 16.7 Å². The van der Waals surface area contributed by atoms with Crippen molar-refractivity contribution in [3.05, 3.63) is 108 Å². The molecule has 1 N–H and O–H groups in total. The molecule has 0 aliphatic heterocycles. The number of nitrogens with zero attached hydrogens (tertiary/aromatic N) is 1. The maximum Gasteiger partial charge on any atom is 0.329 e. The van der Waals surface area contributed by atoms with Crippen molar-refractivity contribution < 1.29 is 19.1 Å². The van der Waals surface area contributed by atoms with Crippen LogP contribution in [0.15, 0.2) is 91.0 Å². The van der Waals surface area contributed by atoms with Crippen LogP contribution in [0.3, 0.4) is 0 Å². The normalized spacial score (nSPS) is 12.7. The van der Waals surface area contributed by atoms with Gasteiger partial charge in [-0.15, -0.1) is 0 Å². The first kappa shape index (κ1) is 24.2. The van der Waals surface area contributed by atoms with Gasteiger partial charge in [0.1, 0.15) is 6.04 Å².